The van der Waals surface area contributed by atoms with Crippen LogP contribution in [0.3, 0.4) is 0 Å². The number of hydrogen-bond acceptors (Lipinski definition) is 2. The second-order valence-electron chi connectivity index (χ2n) is 4.88. The maximum atomic E-state index is 12.9. The summed E-state index contributed by atoms with van der Waals surface area (Å²) in [6.07, 6.45) is 0. The summed E-state index contributed by atoms with van der Waals surface area (Å²) in [5.41, 5.74) is 9.46. The zero-order valence-electron chi connectivity index (χ0n) is 11.3. The number of hydrogen-bond donors (Lipinski definition) is 1. The predicted molar refractivity (Wildman–Crippen MR) is 77.8 cm³/mol. The van der Waals surface area contributed by atoms with E-state index < -0.39 is 0 Å². The molecule has 100 valence electrons. The number of anilines is 1. The van der Waals surface area contributed by atoms with Crippen LogP contribution in [-0.4, -0.2) is 13.6 Å². The normalized spacial score (nSPS) is 12.2. The van der Waals surface area contributed by atoms with Crippen molar-refractivity contribution in [2.24, 2.45) is 5.73 Å². The van der Waals surface area contributed by atoms with Crippen LogP contribution in [0, 0.1) is 12.7 Å². The third-order valence-electron chi connectivity index (χ3n) is 3.21. The van der Waals surface area contributed by atoms with Gasteiger partial charge in [0.2, 0.25) is 0 Å². The molecule has 0 bridgehead atoms. The Morgan fingerprint density at radius 3 is 2.47 bits per heavy atom. The lowest BCUT2D eigenvalue weighted by Crippen LogP contribution is -2.28. The summed E-state index contributed by atoms with van der Waals surface area (Å²) in [4.78, 5) is 2.11. The van der Waals surface area contributed by atoms with E-state index in [-0.39, 0.29) is 11.9 Å². The summed E-state index contributed by atoms with van der Waals surface area (Å²) in [7, 11) is 2.01. The van der Waals surface area contributed by atoms with Gasteiger partial charge in [0.05, 0.1) is 0 Å². The lowest BCUT2D eigenvalue weighted by atomic mass is 10.1. The van der Waals surface area contributed by atoms with Crippen LogP contribution in [0.1, 0.15) is 17.2 Å². The van der Waals surface area contributed by atoms with Gasteiger partial charge in [-0.2, -0.15) is 0 Å². The highest BCUT2D eigenvalue weighted by molar-refractivity contribution is 5.48. The van der Waals surface area contributed by atoms with Crippen molar-refractivity contribution in [3.8, 4) is 0 Å². The second-order valence-corrected chi connectivity index (χ2v) is 4.88. The third-order valence-corrected chi connectivity index (χ3v) is 3.21. The Morgan fingerprint density at radius 2 is 1.84 bits per heavy atom. The van der Waals surface area contributed by atoms with Crippen molar-refractivity contribution in [2.75, 3.05) is 18.5 Å². The minimum Gasteiger partial charge on any atom is -0.373 e. The maximum Gasteiger partial charge on any atom is 0.123 e. The molecule has 2 rings (SSSR count). The highest BCUT2D eigenvalue weighted by Crippen LogP contribution is 2.18. The molecule has 2 nitrogen and oxygen atoms in total. The molecule has 0 amide bonds. The summed E-state index contributed by atoms with van der Waals surface area (Å²) in [5, 5.41) is 0. The van der Waals surface area contributed by atoms with Gasteiger partial charge in [-0.05, 0) is 42.3 Å². The van der Waals surface area contributed by atoms with Crippen LogP contribution < -0.4 is 10.6 Å². The molecule has 1 atom stereocenters. The van der Waals surface area contributed by atoms with Crippen LogP contribution in [0.15, 0.2) is 48.5 Å². The van der Waals surface area contributed by atoms with Gasteiger partial charge in [-0.1, -0.05) is 24.3 Å². The third kappa shape index (κ3) is 3.55. The number of nitrogens with two attached hydrogens (primary N) is 1. The van der Waals surface area contributed by atoms with Gasteiger partial charge in [-0.25, -0.2) is 4.39 Å². The Morgan fingerprint density at radius 1 is 1.16 bits per heavy atom. The fourth-order valence-corrected chi connectivity index (χ4v) is 2.08. The van der Waals surface area contributed by atoms with Crippen LogP contribution in [-0.2, 0) is 0 Å². The van der Waals surface area contributed by atoms with E-state index in [1.165, 1.54) is 17.7 Å². The largest absolute Gasteiger partial charge is 0.373 e. The Balaban J connectivity index is 2.06. The molecule has 0 radical (unpaired) electrons. The molecule has 0 heterocycles. The van der Waals surface area contributed by atoms with E-state index in [1.54, 1.807) is 12.1 Å². The molecule has 0 spiro atoms. The summed E-state index contributed by atoms with van der Waals surface area (Å²) in [5.74, 6) is -0.233. The zero-order chi connectivity index (χ0) is 13.8. The highest BCUT2D eigenvalue weighted by Gasteiger charge is 2.10. The van der Waals surface area contributed by atoms with Crippen molar-refractivity contribution >= 4 is 5.69 Å². The first-order valence-electron chi connectivity index (χ1n) is 6.35. The van der Waals surface area contributed by atoms with Crippen molar-refractivity contribution < 1.29 is 4.39 Å². The van der Waals surface area contributed by atoms with E-state index in [9.17, 15) is 4.39 Å². The van der Waals surface area contributed by atoms with Crippen LogP contribution >= 0.6 is 0 Å². The molecule has 2 N–H and O–H groups in total. The monoisotopic (exact) mass is 258 g/mol. The number of aryl methyl sites for hydroxylation is 1. The first-order chi connectivity index (χ1) is 9.06. The van der Waals surface area contributed by atoms with Crippen molar-refractivity contribution in [3.05, 3.63) is 65.5 Å². The summed E-state index contributed by atoms with van der Waals surface area (Å²) in [6.45, 7) is 2.76. The van der Waals surface area contributed by atoms with E-state index in [4.69, 9.17) is 5.73 Å². The first kappa shape index (κ1) is 13.6. The van der Waals surface area contributed by atoms with Crippen LogP contribution in [0.4, 0.5) is 10.1 Å². The number of rotatable bonds is 4. The quantitative estimate of drug-likeness (QED) is 0.912. The summed E-state index contributed by atoms with van der Waals surface area (Å²) < 4.78 is 12.9. The lowest BCUT2D eigenvalue weighted by Gasteiger charge is -2.24. The maximum absolute atomic E-state index is 12.9. The smallest absolute Gasteiger partial charge is 0.123 e. The van der Waals surface area contributed by atoms with Gasteiger partial charge in [0.15, 0.2) is 0 Å². The molecule has 0 aliphatic rings. The Hall–Kier alpha value is -1.87. The van der Waals surface area contributed by atoms with Gasteiger partial charge >= 0.3 is 0 Å². The highest BCUT2D eigenvalue weighted by atomic mass is 19.1. The molecular weight excluding hydrogens is 239 g/mol. The van der Waals surface area contributed by atoms with Crippen molar-refractivity contribution in [1.82, 2.24) is 0 Å². The van der Waals surface area contributed by atoms with Gasteiger partial charge in [-0.15, -0.1) is 0 Å². The molecule has 0 aliphatic heterocycles. The van der Waals surface area contributed by atoms with Gasteiger partial charge in [-0.3, -0.25) is 0 Å². The summed E-state index contributed by atoms with van der Waals surface area (Å²) in [6, 6.07) is 14.5. The predicted octanol–water partition coefficient (Wildman–Crippen LogP) is 3.27. The van der Waals surface area contributed by atoms with Gasteiger partial charge < -0.3 is 10.6 Å². The molecule has 2 aromatic rings. The van der Waals surface area contributed by atoms with E-state index in [0.717, 1.165) is 11.3 Å². The van der Waals surface area contributed by atoms with Crippen molar-refractivity contribution in [2.45, 2.75) is 13.0 Å². The number of likely N-dealkylation sites (N-methyl/N-ethyl adjacent to an activating group) is 1. The van der Waals surface area contributed by atoms with Crippen LogP contribution in [0.2, 0.25) is 0 Å². The topological polar surface area (TPSA) is 29.3 Å². The number of halogens is 1. The molecule has 0 aromatic heterocycles. The molecule has 0 aliphatic carbocycles. The fraction of sp³-hybridized carbons (Fsp3) is 0.250. The van der Waals surface area contributed by atoms with E-state index in [2.05, 4.69) is 30.0 Å². The zero-order valence-corrected chi connectivity index (χ0v) is 11.3. The minimum absolute atomic E-state index is 0.133. The van der Waals surface area contributed by atoms with E-state index in [1.807, 2.05) is 13.1 Å². The Kier molecular flexibility index (Phi) is 4.17. The fourth-order valence-electron chi connectivity index (χ4n) is 2.08. The average molecular weight is 258 g/mol. The number of nitrogens with zero attached hydrogens (tertiary/aromatic N) is 1. The molecule has 19 heavy (non-hydrogen) atoms. The standard InChI is InChI=1S/C16H19FN2/c1-12-4-3-5-15(10-12)19(2)11-16(18)13-6-8-14(17)9-7-13/h3-10,16H,11,18H2,1-2H3. The van der Waals surface area contributed by atoms with Crippen molar-refractivity contribution in [1.29, 1.82) is 0 Å². The van der Waals surface area contributed by atoms with Gasteiger partial charge in [0, 0.05) is 25.3 Å². The minimum atomic E-state index is -0.233. The molecule has 0 fully saturated rings. The molecule has 2 aromatic carbocycles. The Labute approximate surface area is 113 Å². The van der Waals surface area contributed by atoms with E-state index in [0.29, 0.717) is 6.54 Å². The number of benzene rings is 2. The molecule has 0 saturated carbocycles. The Bertz CT molecular complexity index is 537. The molecule has 1 unspecified atom stereocenters. The molecule has 3 heteroatoms. The summed E-state index contributed by atoms with van der Waals surface area (Å²) >= 11 is 0. The van der Waals surface area contributed by atoms with E-state index >= 15 is 0 Å². The molecule has 0 saturated heterocycles. The van der Waals surface area contributed by atoms with Crippen molar-refractivity contribution in [3.63, 3.8) is 0 Å². The SMILES string of the molecule is Cc1cccc(N(C)CC(N)c2ccc(F)cc2)c1. The van der Waals surface area contributed by atoms with Gasteiger partial charge in [0.25, 0.3) is 0 Å². The lowest BCUT2D eigenvalue weighted by molar-refractivity contribution is 0.624. The van der Waals surface area contributed by atoms with Gasteiger partial charge in [0.1, 0.15) is 5.82 Å². The first-order valence-corrected chi connectivity index (χ1v) is 6.35. The second kappa shape index (κ2) is 5.85. The van der Waals surface area contributed by atoms with Crippen LogP contribution in [0.25, 0.3) is 0 Å². The average Bonchev–Trinajstić information content (AvgIpc) is 2.39. The molecular formula is C16H19FN2. The van der Waals surface area contributed by atoms with Crippen LogP contribution in [0.5, 0.6) is 0 Å².